The van der Waals surface area contributed by atoms with Gasteiger partial charge in [0.2, 0.25) is 5.89 Å². The monoisotopic (exact) mass is 349 g/mol. The SMILES string of the molecule is CCCCNC(=NCC1CCN(Cc2nc(C)c(C)o2)CC1)NCC. The third-order valence-electron chi connectivity index (χ3n) is 4.81. The fraction of sp³-hybridized carbons (Fsp3) is 0.789. The Morgan fingerprint density at radius 1 is 1.24 bits per heavy atom. The van der Waals surface area contributed by atoms with Crippen molar-refractivity contribution < 1.29 is 4.42 Å². The van der Waals surface area contributed by atoms with Gasteiger partial charge >= 0.3 is 0 Å². The molecule has 25 heavy (non-hydrogen) atoms. The summed E-state index contributed by atoms with van der Waals surface area (Å²) in [4.78, 5) is 11.7. The van der Waals surface area contributed by atoms with Crippen LogP contribution in [0, 0.1) is 19.8 Å². The smallest absolute Gasteiger partial charge is 0.208 e. The summed E-state index contributed by atoms with van der Waals surface area (Å²) in [5.41, 5.74) is 1.01. The molecule has 1 saturated heterocycles. The summed E-state index contributed by atoms with van der Waals surface area (Å²) in [6, 6.07) is 0. The Morgan fingerprint density at radius 2 is 2.00 bits per heavy atom. The van der Waals surface area contributed by atoms with Gasteiger partial charge in [0.25, 0.3) is 0 Å². The third kappa shape index (κ3) is 6.69. The van der Waals surface area contributed by atoms with Gasteiger partial charge in [-0.1, -0.05) is 13.3 Å². The Kier molecular flexibility index (Phi) is 8.25. The number of hydrogen-bond acceptors (Lipinski definition) is 4. The van der Waals surface area contributed by atoms with E-state index in [1.165, 1.54) is 25.7 Å². The first-order valence-corrected chi connectivity index (χ1v) is 9.79. The average Bonchev–Trinajstić information content (AvgIpc) is 2.91. The van der Waals surface area contributed by atoms with Gasteiger partial charge in [0, 0.05) is 19.6 Å². The Hall–Kier alpha value is -1.56. The molecule has 1 aliphatic rings. The molecule has 0 spiro atoms. The van der Waals surface area contributed by atoms with Crippen molar-refractivity contribution >= 4 is 5.96 Å². The number of unbranched alkanes of at least 4 members (excludes halogenated alkanes) is 1. The Labute approximate surface area is 152 Å². The highest BCUT2D eigenvalue weighted by molar-refractivity contribution is 5.79. The van der Waals surface area contributed by atoms with Crippen LogP contribution in [0.2, 0.25) is 0 Å². The third-order valence-corrected chi connectivity index (χ3v) is 4.81. The van der Waals surface area contributed by atoms with Crippen molar-refractivity contribution in [2.75, 3.05) is 32.7 Å². The second kappa shape index (κ2) is 10.4. The van der Waals surface area contributed by atoms with Gasteiger partial charge in [-0.25, -0.2) is 4.98 Å². The zero-order valence-electron chi connectivity index (χ0n) is 16.4. The summed E-state index contributed by atoms with van der Waals surface area (Å²) in [6.07, 6.45) is 4.77. The molecule has 1 aliphatic heterocycles. The van der Waals surface area contributed by atoms with Crippen molar-refractivity contribution in [3.63, 3.8) is 0 Å². The molecule has 0 unspecified atom stereocenters. The molecule has 6 nitrogen and oxygen atoms in total. The number of likely N-dealkylation sites (tertiary alicyclic amines) is 1. The van der Waals surface area contributed by atoms with E-state index in [0.717, 1.165) is 62.6 Å². The van der Waals surface area contributed by atoms with E-state index in [1.54, 1.807) is 0 Å². The number of piperidine rings is 1. The van der Waals surface area contributed by atoms with Crippen LogP contribution in [-0.4, -0.2) is 48.6 Å². The maximum absolute atomic E-state index is 5.71. The molecule has 2 rings (SSSR count). The Balaban J connectivity index is 1.73. The lowest BCUT2D eigenvalue weighted by Crippen LogP contribution is -2.39. The zero-order chi connectivity index (χ0) is 18.1. The molecular weight excluding hydrogens is 314 g/mol. The van der Waals surface area contributed by atoms with Gasteiger partial charge in [0.15, 0.2) is 5.96 Å². The normalized spacial score (nSPS) is 17.0. The maximum Gasteiger partial charge on any atom is 0.208 e. The minimum Gasteiger partial charge on any atom is -0.444 e. The number of nitrogens with zero attached hydrogens (tertiary/aromatic N) is 3. The predicted octanol–water partition coefficient (Wildman–Crippen LogP) is 2.86. The topological polar surface area (TPSA) is 65.7 Å². The van der Waals surface area contributed by atoms with Gasteiger partial charge in [0.1, 0.15) is 5.76 Å². The average molecular weight is 350 g/mol. The molecule has 6 heteroatoms. The highest BCUT2D eigenvalue weighted by atomic mass is 16.4. The Bertz CT molecular complexity index is 512. The minimum absolute atomic E-state index is 0.672. The van der Waals surface area contributed by atoms with Crippen molar-refractivity contribution in [1.29, 1.82) is 0 Å². The summed E-state index contributed by atoms with van der Waals surface area (Å²) in [6.45, 7) is 14.1. The molecule has 0 radical (unpaired) electrons. The van der Waals surface area contributed by atoms with E-state index in [2.05, 4.69) is 34.4 Å². The van der Waals surface area contributed by atoms with E-state index in [0.29, 0.717) is 5.92 Å². The van der Waals surface area contributed by atoms with E-state index in [1.807, 2.05) is 13.8 Å². The van der Waals surface area contributed by atoms with Crippen LogP contribution in [0.1, 0.15) is 56.9 Å². The lowest BCUT2D eigenvalue weighted by Gasteiger charge is -2.30. The highest BCUT2D eigenvalue weighted by Gasteiger charge is 2.20. The zero-order valence-corrected chi connectivity index (χ0v) is 16.4. The van der Waals surface area contributed by atoms with Gasteiger partial charge < -0.3 is 15.1 Å². The second-order valence-electron chi connectivity index (χ2n) is 6.97. The maximum atomic E-state index is 5.71. The lowest BCUT2D eigenvalue weighted by atomic mass is 9.97. The van der Waals surface area contributed by atoms with Gasteiger partial charge in [-0.05, 0) is 59.0 Å². The molecule has 142 valence electrons. The number of aryl methyl sites for hydroxylation is 2. The van der Waals surface area contributed by atoms with Crippen molar-refractivity contribution in [3.05, 3.63) is 17.3 Å². The van der Waals surface area contributed by atoms with Crippen LogP contribution < -0.4 is 10.6 Å². The molecule has 0 atom stereocenters. The first kappa shape index (κ1) is 19.8. The van der Waals surface area contributed by atoms with Crippen LogP contribution in [-0.2, 0) is 6.54 Å². The summed E-state index contributed by atoms with van der Waals surface area (Å²) in [7, 11) is 0. The molecule has 0 bridgehead atoms. The van der Waals surface area contributed by atoms with Crippen molar-refractivity contribution in [2.24, 2.45) is 10.9 Å². The minimum atomic E-state index is 0.672. The number of oxazole rings is 1. The summed E-state index contributed by atoms with van der Waals surface area (Å²) >= 11 is 0. The number of aliphatic imine (C=N–C) groups is 1. The largest absolute Gasteiger partial charge is 0.444 e. The van der Waals surface area contributed by atoms with Crippen LogP contribution >= 0.6 is 0 Å². The van der Waals surface area contributed by atoms with E-state index in [-0.39, 0.29) is 0 Å². The molecule has 2 heterocycles. The van der Waals surface area contributed by atoms with Crippen molar-refractivity contribution in [2.45, 2.75) is 59.9 Å². The number of nitrogens with one attached hydrogen (secondary N) is 2. The van der Waals surface area contributed by atoms with Gasteiger partial charge in [0.05, 0.1) is 12.2 Å². The highest BCUT2D eigenvalue weighted by Crippen LogP contribution is 2.20. The van der Waals surface area contributed by atoms with Crippen LogP contribution in [0.25, 0.3) is 0 Å². The molecule has 0 amide bonds. The molecule has 0 aromatic carbocycles. The summed E-state index contributed by atoms with van der Waals surface area (Å²) in [5.74, 6) is 3.42. The first-order chi connectivity index (χ1) is 12.1. The lowest BCUT2D eigenvalue weighted by molar-refractivity contribution is 0.166. The molecular formula is C19H35N5O. The number of rotatable bonds is 8. The number of aromatic nitrogens is 1. The predicted molar refractivity (Wildman–Crippen MR) is 103 cm³/mol. The van der Waals surface area contributed by atoms with Crippen LogP contribution in [0.4, 0.5) is 0 Å². The number of guanidine groups is 1. The van der Waals surface area contributed by atoms with Crippen molar-refractivity contribution in [1.82, 2.24) is 20.5 Å². The van der Waals surface area contributed by atoms with Gasteiger partial charge in [-0.3, -0.25) is 9.89 Å². The van der Waals surface area contributed by atoms with E-state index in [9.17, 15) is 0 Å². The molecule has 0 aliphatic carbocycles. The molecule has 1 fully saturated rings. The first-order valence-electron chi connectivity index (χ1n) is 9.79. The number of hydrogen-bond donors (Lipinski definition) is 2. The molecule has 0 saturated carbocycles. The fourth-order valence-electron chi connectivity index (χ4n) is 3.07. The fourth-order valence-corrected chi connectivity index (χ4v) is 3.07. The standard InChI is InChI=1S/C19H35N5O/c1-5-7-10-21-19(20-6-2)22-13-17-8-11-24(12-9-17)14-18-23-15(3)16(4)25-18/h17H,5-14H2,1-4H3,(H2,20,21,22). The van der Waals surface area contributed by atoms with Gasteiger partial charge in [-0.15, -0.1) is 0 Å². The second-order valence-corrected chi connectivity index (χ2v) is 6.97. The summed E-state index contributed by atoms with van der Waals surface area (Å²) in [5, 5.41) is 6.76. The van der Waals surface area contributed by atoms with Crippen LogP contribution in [0.3, 0.4) is 0 Å². The molecule has 1 aromatic heterocycles. The Morgan fingerprint density at radius 3 is 2.60 bits per heavy atom. The molecule has 1 aromatic rings. The van der Waals surface area contributed by atoms with E-state index in [4.69, 9.17) is 9.41 Å². The van der Waals surface area contributed by atoms with Crippen LogP contribution in [0.15, 0.2) is 9.41 Å². The quantitative estimate of drug-likeness (QED) is 0.429. The van der Waals surface area contributed by atoms with Crippen molar-refractivity contribution in [3.8, 4) is 0 Å². The summed E-state index contributed by atoms with van der Waals surface area (Å²) < 4.78 is 5.71. The molecule has 2 N–H and O–H groups in total. The van der Waals surface area contributed by atoms with Crippen LogP contribution in [0.5, 0.6) is 0 Å². The van der Waals surface area contributed by atoms with E-state index < -0.39 is 0 Å². The van der Waals surface area contributed by atoms with Gasteiger partial charge in [-0.2, -0.15) is 0 Å². The van der Waals surface area contributed by atoms with E-state index >= 15 is 0 Å².